The minimum Gasteiger partial charge on any atom is -0.310 e. The highest BCUT2D eigenvalue weighted by molar-refractivity contribution is 6.31. The van der Waals surface area contributed by atoms with Gasteiger partial charge in [-0.15, -0.1) is 0 Å². The van der Waals surface area contributed by atoms with Crippen LogP contribution < -0.4 is 5.32 Å². The van der Waals surface area contributed by atoms with E-state index in [1.54, 1.807) is 6.20 Å². The molecule has 0 saturated carbocycles. The Morgan fingerprint density at radius 1 is 1.35 bits per heavy atom. The minimum absolute atomic E-state index is 0.356. The summed E-state index contributed by atoms with van der Waals surface area (Å²) in [5.41, 5.74) is 1.17. The van der Waals surface area contributed by atoms with Crippen molar-refractivity contribution < 1.29 is 0 Å². The summed E-state index contributed by atoms with van der Waals surface area (Å²) in [6.07, 6.45) is 7.17. The Bertz CT molecular complexity index is 326. The Balaban J connectivity index is 2.62. The van der Waals surface area contributed by atoms with E-state index in [2.05, 4.69) is 31.1 Å². The molecule has 0 amide bonds. The Labute approximate surface area is 110 Å². The predicted molar refractivity (Wildman–Crippen MR) is 74.4 cm³/mol. The summed E-state index contributed by atoms with van der Waals surface area (Å²) >= 11 is 6.19. The highest BCUT2D eigenvalue weighted by Crippen LogP contribution is 2.26. The molecule has 1 aromatic rings. The zero-order chi connectivity index (χ0) is 12.7. The summed E-state index contributed by atoms with van der Waals surface area (Å²) < 4.78 is 0. The monoisotopic (exact) mass is 254 g/mol. The fourth-order valence-corrected chi connectivity index (χ4v) is 2.26. The van der Waals surface area contributed by atoms with Gasteiger partial charge in [0, 0.05) is 18.4 Å². The van der Waals surface area contributed by atoms with Crippen molar-refractivity contribution in [2.45, 2.75) is 46.1 Å². The minimum atomic E-state index is 0.356. The van der Waals surface area contributed by atoms with Gasteiger partial charge in [-0.25, -0.2) is 0 Å². The first kappa shape index (κ1) is 14.5. The van der Waals surface area contributed by atoms with Crippen molar-refractivity contribution in [1.82, 2.24) is 10.3 Å². The van der Waals surface area contributed by atoms with E-state index in [-0.39, 0.29) is 0 Å². The van der Waals surface area contributed by atoms with Crippen LogP contribution in [0.4, 0.5) is 0 Å². The smallest absolute Gasteiger partial charge is 0.0637 e. The van der Waals surface area contributed by atoms with Gasteiger partial charge < -0.3 is 5.32 Å². The average molecular weight is 255 g/mol. The Hall–Kier alpha value is -0.600. The topological polar surface area (TPSA) is 24.9 Å². The summed E-state index contributed by atoms with van der Waals surface area (Å²) in [4.78, 5) is 4.04. The van der Waals surface area contributed by atoms with E-state index >= 15 is 0 Å². The molecule has 0 spiro atoms. The number of aromatic nitrogens is 1. The third-order valence-corrected chi connectivity index (χ3v) is 3.22. The quantitative estimate of drug-likeness (QED) is 0.788. The van der Waals surface area contributed by atoms with Gasteiger partial charge in [0.25, 0.3) is 0 Å². The molecule has 0 fully saturated rings. The lowest BCUT2D eigenvalue weighted by Crippen LogP contribution is -2.21. The molecule has 3 heteroatoms. The number of hydrogen-bond donors (Lipinski definition) is 1. The van der Waals surface area contributed by atoms with Crippen LogP contribution in [-0.4, -0.2) is 11.5 Å². The van der Waals surface area contributed by atoms with Crippen molar-refractivity contribution in [1.29, 1.82) is 0 Å². The number of halogens is 1. The highest BCUT2D eigenvalue weighted by Gasteiger charge is 2.13. The molecule has 0 radical (unpaired) electrons. The maximum Gasteiger partial charge on any atom is 0.0637 e. The Kier molecular flexibility index (Phi) is 6.53. The van der Waals surface area contributed by atoms with Gasteiger partial charge in [0.05, 0.1) is 5.02 Å². The molecular weight excluding hydrogens is 232 g/mol. The molecule has 0 aliphatic rings. The molecular formula is C14H23ClN2. The zero-order valence-electron chi connectivity index (χ0n) is 11.0. The fraction of sp³-hybridized carbons (Fsp3) is 0.643. The SMILES string of the molecule is CCNC(CCCC(C)C)c1ccncc1Cl. The number of pyridine rings is 1. The fourth-order valence-electron chi connectivity index (χ4n) is 2.01. The summed E-state index contributed by atoms with van der Waals surface area (Å²) in [5.74, 6) is 0.769. The molecule has 0 saturated heterocycles. The van der Waals surface area contributed by atoms with E-state index in [0.29, 0.717) is 6.04 Å². The van der Waals surface area contributed by atoms with Crippen molar-refractivity contribution >= 4 is 11.6 Å². The van der Waals surface area contributed by atoms with Crippen molar-refractivity contribution in [2.75, 3.05) is 6.54 Å². The zero-order valence-corrected chi connectivity index (χ0v) is 11.8. The van der Waals surface area contributed by atoms with Crippen LogP contribution in [0.15, 0.2) is 18.5 Å². The van der Waals surface area contributed by atoms with E-state index < -0.39 is 0 Å². The van der Waals surface area contributed by atoms with Crippen LogP contribution >= 0.6 is 11.6 Å². The second kappa shape index (κ2) is 7.67. The molecule has 96 valence electrons. The van der Waals surface area contributed by atoms with Gasteiger partial charge in [-0.1, -0.05) is 45.2 Å². The molecule has 2 nitrogen and oxygen atoms in total. The molecule has 0 aliphatic carbocycles. The van der Waals surface area contributed by atoms with Gasteiger partial charge in [0.1, 0.15) is 0 Å². The van der Waals surface area contributed by atoms with Crippen LogP contribution in [0.5, 0.6) is 0 Å². The summed E-state index contributed by atoms with van der Waals surface area (Å²) in [5, 5.41) is 4.27. The van der Waals surface area contributed by atoms with Crippen molar-refractivity contribution in [2.24, 2.45) is 5.92 Å². The first-order valence-corrected chi connectivity index (χ1v) is 6.85. The molecule has 1 aromatic heterocycles. The van der Waals surface area contributed by atoms with Crippen molar-refractivity contribution in [3.05, 3.63) is 29.0 Å². The summed E-state index contributed by atoms with van der Waals surface area (Å²) in [6, 6.07) is 2.37. The van der Waals surface area contributed by atoms with Gasteiger partial charge in [-0.2, -0.15) is 0 Å². The Morgan fingerprint density at radius 3 is 2.71 bits per heavy atom. The maximum atomic E-state index is 6.19. The molecule has 1 unspecified atom stereocenters. The second-order valence-electron chi connectivity index (χ2n) is 4.83. The third kappa shape index (κ3) is 5.05. The molecule has 1 atom stereocenters. The van der Waals surface area contributed by atoms with E-state index in [1.165, 1.54) is 18.4 Å². The van der Waals surface area contributed by atoms with Crippen LogP contribution in [0.3, 0.4) is 0 Å². The standard InChI is InChI=1S/C14H23ClN2/c1-4-17-14(7-5-6-11(2)3)12-8-9-16-10-13(12)15/h8-11,14,17H,4-7H2,1-3H3. The molecule has 0 bridgehead atoms. The van der Waals surface area contributed by atoms with E-state index in [4.69, 9.17) is 11.6 Å². The van der Waals surface area contributed by atoms with Gasteiger partial charge in [0.15, 0.2) is 0 Å². The molecule has 1 N–H and O–H groups in total. The van der Waals surface area contributed by atoms with Crippen LogP contribution in [0.1, 0.15) is 51.6 Å². The van der Waals surface area contributed by atoms with Crippen LogP contribution in [-0.2, 0) is 0 Å². The second-order valence-corrected chi connectivity index (χ2v) is 5.24. The predicted octanol–water partition coefficient (Wildman–Crippen LogP) is 4.21. The average Bonchev–Trinajstić information content (AvgIpc) is 2.28. The molecule has 1 heterocycles. The van der Waals surface area contributed by atoms with E-state index in [1.807, 2.05) is 12.3 Å². The normalized spacial score (nSPS) is 13.0. The van der Waals surface area contributed by atoms with Gasteiger partial charge >= 0.3 is 0 Å². The summed E-state index contributed by atoms with van der Waals surface area (Å²) in [6.45, 7) is 7.62. The van der Waals surface area contributed by atoms with Crippen molar-refractivity contribution in [3.63, 3.8) is 0 Å². The first-order valence-electron chi connectivity index (χ1n) is 6.48. The summed E-state index contributed by atoms with van der Waals surface area (Å²) in [7, 11) is 0. The van der Waals surface area contributed by atoms with E-state index in [0.717, 1.165) is 23.9 Å². The van der Waals surface area contributed by atoms with E-state index in [9.17, 15) is 0 Å². The largest absolute Gasteiger partial charge is 0.310 e. The lowest BCUT2D eigenvalue weighted by molar-refractivity contribution is 0.455. The van der Waals surface area contributed by atoms with Gasteiger partial charge in [-0.3, -0.25) is 4.98 Å². The molecule has 0 aromatic carbocycles. The van der Waals surface area contributed by atoms with Crippen LogP contribution in [0.25, 0.3) is 0 Å². The number of hydrogen-bond acceptors (Lipinski definition) is 2. The lowest BCUT2D eigenvalue weighted by atomic mass is 9.98. The highest BCUT2D eigenvalue weighted by atomic mass is 35.5. The number of nitrogens with one attached hydrogen (secondary N) is 1. The molecule has 0 aliphatic heterocycles. The molecule has 1 rings (SSSR count). The maximum absolute atomic E-state index is 6.19. The number of rotatable bonds is 7. The molecule has 17 heavy (non-hydrogen) atoms. The van der Waals surface area contributed by atoms with Crippen LogP contribution in [0, 0.1) is 5.92 Å². The van der Waals surface area contributed by atoms with Crippen LogP contribution in [0.2, 0.25) is 5.02 Å². The van der Waals surface area contributed by atoms with Crippen molar-refractivity contribution in [3.8, 4) is 0 Å². The van der Waals surface area contributed by atoms with Gasteiger partial charge in [0.2, 0.25) is 0 Å². The third-order valence-electron chi connectivity index (χ3n) is 2.90. The van der Waals surface area contributed by atoms with Gasteiger partial charge in [-0.05, 0) is 30.5 Å². The lowest BCUT2D eigenvalue weighted by Gasteiger charge is -2.19. The number of nitrogens with zero attached hydrogens (tertiary/aromatic N) is 1. The Morgan fingerprint density at radius 2 is 2.12 bits per heavy atom. The first-order chi connectivity index (χ1) is 8.15.